The summed E-state index contributed by atoms with van der Waals surface area (Å²) in [7, 11) is 3.12. The first-order valence-electron chi connectivity index (χ1n) is 6.59. The molecular weight excluding hydrogens is 346 g/mol. The third-order valence-electron chi connectivity index (χ3n) is 2.96. The zero-order chi connectivity index (χ0) is 15.9. The van der Waals surface area contributed by atoms with Gasteiger partial charge in [-0.25, -0.2) is 0 Å². The number of methoxy groups -OCH3 is 2. The lowest BCUT2D eigenvalue weighted by Crippen LogP contribution is -2.08. The van der Waals surface area contributed by atoms with Crippen LogP contribution in [0, 0.1) is 0 Å². The maximum atomic E-state index is 12.0. The van der Waals surface area contributed by atoms with E-state index >= 15 is 0 Å². The second kappa shape index (κ2) is 7.66. The molecule has 0 aliphatic heterocycles. The minimum atomic E-state index is -0.230. The molecule has 0 atom stereocenters. The Balaban J connectivity index is 2.07. The fourth-order valence-corrected chi connectivity index (χ4v) is 2.09. The van der Waals surface area contributed by atoms with Crippen LogP contribution in [0.1, 0.15) is 5.56 Å². The third-order valence-corrected chi connectivity index (χ3v) is 3.49. The molecule has 1 N–H and O–H groups in total. The van der Waals surface area contributed by atoms with Gasteiger partial charge in [0.1, 0.15) is 11.5 Å². The predicted octanol–water partition coefficient (Wildman–Crippen LogP) is 4.12. The molecule has 22 heavy (non-hydrogen) atoms. The molecule has 0 aliphatic carbocycles. The lowest BCUT2D eigenvalue weighted by atomic mass is 10.2. The topological polar surface area (TPSA) is 47.6 Å². The van der Waals surface area contributed by atoms with E-state index in [1.54, 1.807) is 38.5 Å². The molecular formula is C17H16BrNO3. The number of anilines is 1. The maximum Gasteiger partial charge on any atom is 0.248 e. The molecule has 0 fully saturated rings. The van der Waals surface area contributed by atoms with E-state index in [0.29, 0.717) is 17.2 Å². The standard InChI is InChI=1S/C17H16BrNO3/c1-21-14-8-9-15(16(11-14)22-2)19-17(20)10-5-12-3-6-13(18)7-4-12/h3-11H,1-2H3,(H,19,20). The van der Waals surface area contributed by atoms with Gasteiger partial charge in [-0.05, 0) is 35.9 Å². The Morgan fingerprint density at radius 1 is 1.09 bits per heavy atom. The number of hydrogen-bond acceptors (Lipinski definition) is 3. The number of rotatable bonds is 5. The van der Waals surface area contributed by atoms with Crippen LogP contribution in [0.15, 0.2) is 53.0 Å². The van der Waals surface area contributed by atoms with Crippen molar-refractivity contribution in [2.45, 2.75) is 0 Å². The molecule has 0 radical (unpaired) electrons. The molecule has 2 aromatic carbocycles. The summed E-state index contributed by atoms with van der Waals surface area (Å²) in [5.41, 5.74) is 1.54. The second-order valence-electron chi connectivity index (χ2n) is 4.44. The minimum absolute atomic E-state index is 0.230. The Hall–Kier alpha value is -2.27. The lowest BCUT2D eigenvalue weighted by Gasteiger charge is -2.10. The summed E-state index contributed by atoms with van der Waals surface area (Å²) in [6, 6.07) is 12.9. The molecule has 1 amide bonds. The van der Waals surface area contributed by atoms with Crippen molar-refractivity contribution in [3.63, 3.8) is 0 Å². The van der Waals surface area contributed by atoms with Crippen molar-refractivity contribution < 1.29 is 14.3 Å². The summed E-state index contributed by atoms with van der Waals surface area (Å²) in [5.74, 6) is 0.983. The van der Waals surface area contributed by atoms with Crippen LogP contribution in [0.2, 0.25) is 0 Å². The van der Waals surface area contributed by atoms with Crippen molar-refractivity contribution in [1.82, 2.24) is 0 Å². The van der Waals surface area contributed by atoms with Crippen LogP contribution in [0.5, 0.6) is 11.5 Å². The van der Waals surface area contributed by atoms with E-state index < -0.39 is 0 Å². The van der Waals surface area contributed by atoms with Crippen LogP contribution >= 0.6 is 15.9 Å². The van der Waals surface area contributed by atoms with Crippen molar-refractivity contribution in [2.24, 2.45) is 0 Å². The minimum Gasteiger partial charge on any atom is -0.497 e. The largest absolute Gasteiger partial charge is 0.497 e. The van der Waals surface area contributed by atoms with Crippen LogP contribution in [0.3, 0.4) is 0 Å². The van der Waals surface area contributed by atoms with E-state index in [-0.39, 0.29) is 5.91 Å². The molecule has 0 spiro atoms. The van der Waals surface area contributed by atoms with Crippen molar-refractivity contribution in [2.75, 3.05) is 19.5 Å². The van der Waals surface area contributed by atoms with Gasteiger partial charge < -0.3 is 14.8 Å². The van der Waals surface area contributed by atoms with Crippen LogP contribution in [0.25, 0.3) is 6.08 Å². The zero-order valence-corrected chi connectivity index (χ0v) is 13.9. The van der Waals surface area contributed by atoms with Gasteiger partial charge in [-0.3, -0.25) is 4.79 Å². The fraction of sp³-hybridized carbons (Fsp3) is 0.118. The van der Waals surface area contributed by atoms with Crippen molar-refractivity contribution in [3.05, 3.63) is 58.6 Å². The summed E-state index contributed by atoms with van der Waals surface area (Å²) < 4.78 is 11.4. The second-order valence-corrected chi connectivity index (χ2v) is 5.36. The van der Waals surface area contributed by atoms with Gasteiger partial charge in [0.15, 0.2) is 0 Å². The maximum absolute atomic E-state index is 12.0. The Morgan fingerprint density at radius 2 is 1.82 bits per heavy atom. The normalized spacial score (nSPS) is 10.5. The highest BCUT2D eigenvalue weighted by atomic mass is 79.9. The summed E-state index contributed by atoms with van der Waals surface area (Å²) >= 11 is 3.37. The van der Waals surface area contributed by atoms with Gasteiger partial charge in [-0.1, -0.05) is 28.1 Å². The van der Waals surface area contributed by atoms with Gasteiger partial charge in [-0.15, -0.1) is 0 Å². The Kier molecular flexibility index (Phi) is 5.61. The number of nitrogens with one attached hydrogen (secondary N) is 1. The van der Waals surface area contributed by atoms with Crippen LogP contribution < -0.4 is 14.8 Å². The first kappa shape index (κ1) is 16.1. The molecule has 0 aliphatic rings. The number of halogens is 1. The van der Waals surface area contributed by atoms with E-state index in [0.717, 1.165) is 10.0 Å². The summed E-state index contributed by atoms with van der Waals surface area (Å²) in [5, 5.41) is 2.78. The monoisotopic (exact) mass is 361 g/mol. The molecule has 4 nitrogen and oxygen atoms in total. The van der Waals surface area contributed by atoms with Crippen molar-refractivity contribution >= 4 is 33.6 Å². The lowest BCUT2D eigenvalue weighted by molar-refractivity contribution is -0.111. The number of ether oxygens (including phenoxy) is 2. The Labute approximate surface area is 137 Å². The number of carbonyl (C=O) groups is 1. The van der Waals surface area contributed by atoms with Gasteiger partial charge in [0.2, 0.25) is 5.91 Å². The van der Waals surface area contributed by atoms with Crippen molar-refractivity contribution in [3.8, 4) is 11.5 Å². The molecule has 2 rings (SSSR count). The summed E-state index contributed by atoms with van der Waals surface area (Å²) in [4.78, 5) is 12.0. The van der Waals surface area contributed by atoms with E-state index in [9.17, 15) is 4.79 Å². The van der Waals surface area contributed by atoms with Gasteiger partial charge in [-0.2, -0.15) is 0 Å². The van der Waals surface area contributed by atoms with Gasteiger partial charge in [0.05, 0.1) is 19.9 Å². The highest BCUT2D eigenvalue weighted by molar-refractivity contribution is 9.10. The number of carbonyl (C=O) groups excluding carboxylic acids is 1. The molecule has 5 heteroatoms. The quantitative estimate of drug-likeness (QED) is 0.814. The zero-order valence-electron chi connectivity index (χ0n) is 12.3. The highest BCUT2D eigenvalue weighted by Gasteiger charge is 2.06. The van der Waals surface area contributed by atoms with Gasteiger partial charge in [0, 0.05) is 16.6 Å². The number of hydrogen-bond donors (Lipinski definition) is 1. The third kappa shape index (κ3) is 4.36. The number of benzene rings is 2. The number of amides is 1. The molecule has 0 unspecified atom stereocenters. The summed E-state index contributed by atoms with van der Waals surface area (Å²) in [6.07, 6.45) is 3.23. The molecule has 0 bridgehead atoms. The predicted molar refractivity (Wildman–Crippen MR) is 91.4 cm³/mol. The average molecular weight is 362 g/mol. The van der Waals surface area contributed by atoms with Crippen molar-refractivity contribution in [1.29, 1.82) is 0 Å². The fourth-order valence-electron chi connectivity index (χ4n) is 1.82. The Morgan fingerprint density at radius 3 is 2.45 bits per heavy atom. The van der Waals surface area contributed by atoms with E-state index in [1.165, 1.54) is 6.08 Å². The molecule has 0 aromatic heterocycles. The molecule has 114 valence electrons. The molecule has 0 heterocycles. The molecule has 2 aromatic rings. The van der Waals surface area contributed by atoms with Gasteiger partial charge >= 0.3 is 0 Å². The summed E-state index contributed by atoms with van der Waals surface area (Å²) in [6.45, 7) is 0. The Bertz CT molecular complexity index is 681. The van der Waals surface area contributed by atoms with Crippen LogP contribution in [-0.4, -0.2) is 20.1 Å². The smallest absolute Gasteiger partial charge is 0.248 e. The molecule has 0 saturated carbocycles. The van der Waals surface area contributed by atoms with Crippen LogP contribution in [-0.2, 0) is 4.79 Å². The van der Waals surface area contributed by atoms with E-state index in [1.807, 2.05) is 24.3 Å². The SMILES string of the molecule is COc1ccc(NC(=O)C=Cc2ccc(Br)cc2)c(OC)c1. The highest BCUT2D eigenvalue weighted by Crippen LogP contribution is 2.28. The van der Waals surface area contributed by atoms with Gasteiger partial charge in [0.25, 0.3) is 0 Å². The van der Waals surface area contributed by atoms with E-state index in [2.05, 4.69) is 21.2 Å². The van der Waals surface area contributed by atoms with Crippen LogP contribution in [0.4, 0.5) is 5.69 Å². The average Bonchev–Trinajstić information content (AvgIpc) is 2.54. The molecule has 0 saturated heterocycles. The first-order chi connectivity index (χ1) is 10.6. The first-order valence-corrected chi connectivity index (χ1v) is 7.38. The van der Waals surface area contributed by atoms with E-state index in [4.69, 9.17) is 9.47 Å².